The average molecular weight is 413 g/mol. The fourth-order valence-corrected chi connectivity index (χ4v) is 5.49. The molecule has 0 radical (unpaired) electrons. The molecule has 0 fully saturated rings. The van der Waals surface area contributed by atoms with Crippen molar-refractivity contribution in [3.63, 3.8) is 0 Å². The highest BCUT2D eigenvalue weighted by Gasteiger charge is 2.18. The van der Waals surface area contributed by atoms with Crippen molar-refractivity contribution in [3.8, 4) is 22.6 Å². The lowest BCUT2D eigenvalue weighted by Crippen LogP contribution is -2.23. The van der Waals surface area contributed by atoms with Gasteiger partial charge in [0.1, 0.15) is 4.83 Å². The summed E-state index contributed by atoms with van der Waals surface area (Å²) >= 11 is 4.44. The van der Waals surface area contributed by atoms with E-state index in [1.165, 1.54) is 23.1 Å². The van der Waals surface area contributed by atoms with E-state index in [4.69, 9.17) is 10.2 Å². The molecular weight excluding hydrogens is 396 g/mol. The number of nitriles is 2. The zero-order valence-electron chi connectivity index (χ0n) is 14.4. The van der Waals surface area contributed by atoms with Crippen molar-refractivity contribution in [2.45, 2.75) is 24.5 Å². The third-order valence-electron chi connectivity index (χ3n) is 3.96. The normalized spacial score (nSPS) is 11.8. The predicted molar refractivity (Wildman–Crippen MR) is 112 cm³/mol. The number of allylic oxidation sites excluding steroid dienone is 1. The van der Waals surface area contributed by atoms with Crippen LogP contribution < -0.4 is 5.56 Å². The maximum atomic E-state index is 13.2. The standard InChI is InChI=1S/C19H16N4OS3/c1-2-8-23-18(24)16-14(15-6-4-9-25-15)12-26-17(16)22-19(23)27-11-13(10-21)5-3-7-20/h2,4,6,9,12-13H,1,3,5,8,11H2/t13-/m1/s1. The Labute approximate surface area is 169 Å². The highest BCUT2D eigenvalue weighted by molar-refractivity contribution is 7.99. The quantitative estimate of drug-likeness (QED) is 0.298. The monoisotopic (exact) mass is 412 g/mol. The van der Waals surface area contributed by atoms with E-state index in [0.29, 0.717) is 40.5 Å². The summed E-state index contributed by atoms with van der Waals surface area (Å²) in [4.78, 5) is 19.6. The van der Waals surface area contributed by atoms with E-state index in [1.54, 1.807) is 22.0 Å². The number of hydrogen-bond donors (Lipinski definition) is 0. The fourth-order valence-electron chi connectivity index (χ4n) is 2.62. The molecule has 0 aromatic carbocycles. The minimum atomic E-state index is -0.246. The SMILES string of the molecule is C=CCn1c(SC[C@@H](C#N)CCC#N)nc2scc(-c3cccs3)c2c1=O. The third kappa shape index (κ3) is 4.14. The molecule has 0 N–H and O–H groups in total. The molecular formula is C19H16N4OS3. The predicted octanol–water partition coefficient (Wildman–Crippen LogP) is 4.91. The molecule has 3 aromatic rings. The van der Waals surface area contributed by atoms with Crippen LogP contribution >= 0.6 is 34.4 Å². The molecule has 0 aliphatic heterocycles. The van der Waals surface area contributed by atoms with Crippen molar-refractivity contribution in [2.75, 3.05) is 5.75 Å². The highest BCUT2D eigenvalue weighted by atomic mass is 32.2. The van der Waals surface area contributed by atoms with Gasteiger partial charge >= 0.3 is 0 Å². The van der Waals surface area contributed by atoms with Gasteiger partial charge in [0.25, 0.3) is 5.56 Å². The summed E-state index contributed by atoms with van der Waals surface area (Å²) in [6.07, 6.45) is 2.54. The topological polar surface area (TPSA) is 82.5 Å². The number of thioether (sulfide) groups is 1. The second kappa shape index (κ2) is 9.01. The number of aromatic nitrogens is 2. The van der Waals surface area contributed by atoms with E-state index in [9.17, 15) is 10.1 Å². The van der Waals surface area contributed by atoms with E-state index >= 15 is 0 Å². The van der Waals surface area contributed by atoms with Crippen LogP contribution in [0.4, 0.5) is 0 Å². The van der Waals surface area contributed by atoms with Crippen molar-refractivity contribution in [1.29, 1.82) is 10.5 Å². The fraction of sp³-hybridized carbons (Fsp3) is 0.263. The van der Waals surface area contributed by atoms with Crippen LogP contribution in [0.1, 0.15) is 12.8 Å². The number of rotatable bonds is 8. The summed E-state index contributed by atoms with van der Waals surface area (Å²) in [6.45, 7) is 4.11. The molecule has 0 saturated carbocycles. The van der Waals surface area contributed by atoms with Crippen LogP contribution in [0.15, 0.2) is 45.5 Å². The maximum absolute atomic E-state index is 13.2. The van der Waals surface area contributed by atoms with Crippen LogP contribution in [0, 0.1) is 28.6 Å². The molecule has 3 aromatic heterocycles. The molecule has 1 atom stereocenters. The molecule has 27 heavy (non-hydrogen) atoms. The van der Waals surface area contributed by atoms with E-state index in [2.05, 4.69) is 18.7 Å². The molecule has 0 unspecified atom stereocenters. The second-order valence-corrected chi connectivity index (χ2v) is 8.53. The van der Waals surface area contributed by atoms with E-state index in [-0.39, 0.29) is 11.5 Å². The van der Waals surface area contributed by atoms with Gasteiger partial charge in [-0.2, -0.15) is 10.5 Å². The molecule has 0 saturated heterocycles. The first-order valence-corrected chi connectivity index (χ1v) is 11.0. The van der Waals surface area contributed by atoms with Gasteiger partial charge in [0.05, 0.1) is 23.4 Å². The highest BCUT2D eigenvalue weighted by Crippen LogP contribution is 2.34. The van der Waals surface area contributed by atoms with Gasteiger partial charge in [-0.15, -0.1) is 29.3 Å². The van der Waals surface area contributed by atoms with E-state index in [0.717, 1.165) is 10.4 Å². The van der Waals surface area contributed by atoms with Crippen LogP contribution in [0.2, 0.25) is 0 Å². The zero-order valence-corrected chi connectivity index (χ0v) is 16.9. The Kier molecular flexibility index (Phi) is 6.46. The molecule has 0 amide bonds. The Balaban J connectivity index is 2.00. The largest absolute Gasteiger partial charge is 0.283 e. The number of nitrogens with zero attached hydrogens (tertiary/aromatic N) is 4. The Morgan fingerprint density at radius 3 is 2.93 bits per heavy atom. The van der Waals surface area contributed by atoms with Crippen LogP contribution in [0.5, 0.6) is 0 Å². The molecule has 0 spiro atoms. The van der Waals surface area contributed by atoms with Gasteiger partial charge in [-0.25, -0.2) is 4.98 Å². The minimum Gasteiger partial charge on any atom is -0.283 e. The van der Waals surface area contributed by atoms with Crippen LogP contribution in [0.25, 0.3) is 20.7 Å². The smallest absolute Gasteiger partial charge is 0.263 e. The Morgan fingerprint density at radius 2 is 2.26 bits per heavy atom. The molecule has 5 nitrogen and oxygen atoms in total. The summed E-state index contributed by atoms with van der Waals surface area (Å²) in [6, 6.07) is 8.26. The maximum Gasteiger partial charge on any atom is 0.263 e. The summed E-state index contributed by atoms with van der Waals surface area (Å²) in [5, 5.41) is 23.2. The van der Waals surface area contributed by atoms with Crippen LogP contribution in [0.3, 0.4) is 0 Å². The second-order valence-electron chi connectivity index (χ2n) is 5.74. The van der Waals surface area contributed by atoms with Crippen molar-refractivity contribution >= 4 is 44.7 Å². The third-order valence-corrected chi connectivity index (χ3v) is 6.87. The van der Waals surface area contributed by atoms with Gasteiger partial charge in [0.15, 0.2) is 5.16 Å². The van der Waals surface area contributed by atoms with Gasteiger partial charge in [0, 0.05) is 34.5 Å². The lowest BCUT2D eigenvalue weighted by atomic mass is 10.1. The van der Waals surface area contributed by atoms with Gasteiger partial charge < -0.3 is 0 Å². The van der Waals surface area contributed by atoms with Gasteiger partial charge in [-0.05, 0) is 17.9 Å². The van der Waals surface area contributed by atoms with Crippen molar-refractivity contribution in [2.24, 2.45) is 5.92 Å². The molecule has 0 aliphatic rings. The summed E-state index contributed by atoms with van der Waals surface area (Å²) < 4.78 is 1.61. The van der Waals surface area contributed by atoms with E-state index in [1.807, 2.05) is 22.9 Å². The number of fused-ring (bicyclic) bond motifs is 1. The Bertz CT molecular complexity index is 1080. The molecule has 136 valence electrons. The van der Waals surface area contributed by atoms with Crippen LogP contribution in [-0.2, 0) is 6.54 Å². The first kappa shape index (κ1) is 19.4. The zero-order chi connectivity index (χ0) is 19.2. The molecule has 0 aliphatic carbocycles. The van der Waals surface area contributed by atoms with E-state index < -0.39 is 0 Å². The van der Waals surface area contributed by atoms with Gasteiger partial charge in [0.2, 0.25) is 0 Å². The molecule has 0 bridgehead atoms. The Morgan fingerprint density at radius 1 is 1.41 bits per heavy atom. The van der Waals surface area contributed by atoms with Crippen molar-refractivity contribution in [1.82, 2.24) is 9.55 Å². The Hall–Kier alpha value is -2.39. The lowest BCUT2D eigenvalue weighted by molar-refractivity contribution is 0.660. The molecule has 3 rings (SSSR count). The first-order chi connectivity index (χ1) is 13.2. The first-order valence-electron chi connectivity index (χ1n) is 8.25. The lowest BCUT2D eigenvalue weighted by Gasteiger charge is -2.12. The van der Waals surface area contributed by atoms with Crippen LogP contribution in [-0.4, -0.2) is 15.3 Å². The molecule has 3 heterocycles. The average Bonchev–Trinajstić information content (AvgIpc) is 3.34. The number of thiophene rings is 2. The van der Waals surface area contributed by atoms with Crippen molar-refractivity contribution < 1.29 is 0 Å². The van der Waals surface area contributed by atoms with Gasteiger partial charge in [-0.1, -0.05) is 23.9 Å². The molecule has 8 heteroatoms. The minimum absolute atomic E-state index is 0.0856. The number of hydrogen-bond acceptors (Lipinski definition) is 7. The summed E-state index contributed by atoms with van der Waals surface area (Å²) in [5.74, 6) is 0.251. The van der Waals surface area contributed by atoms with Crippen molar-refractivity contribution in [3.05, 3.63) is 45.9 Å². The van der Waals surface area contributed by atoms with Gasteiger partial charge in [-0.3, -0.25) is 9.36 Å². The summed E-state index contributed by atoms with van der Waals surface area (Å²) in [5.41, 5.74) is 0.832. The summed E-state index contributed by atoms with van der Waals surface area (Å²) in [7, 11) is 0.